The molecule has 0 amide bonds. The van der Waals surface area contributed by atoms with E-state index in [0.29, 0.717) is 11.4 Å². The van der Waals surface area contributed by atoms with Gasteiger partial charge in [0.05, 0.1) is 0 Å². The van der Waals surface area contributed by atoms with Crippen LogP contribution >= 0.6 is 11.3 Å². The van der Waals surface area contributed by atoms with Crippen molar-refractivity contribution in [1.29, 1.82) is 5.26 Å². The molecule has 1 N–H and O–H groups in total. The number of thiophene rings is 1. The molecule has 0 atom stereocenters. The van der Waals surface area contributed by atoms with Crippen molar-refractivity contribution in [2.75, 3.05) is 6.54 Å². The summed E-state index contributed by atoms with van der Waals surface area (Å²) in [6, 6.07) is 5.00. The molecule has 0 unspecified atom stereocenters. The molecule has 104 valence electrons. The molecule has 1 heterocycles. The van der Waals surface area contributed by atoms with Gasteiger partial charge in [0.15, 0.2) is 0 Å². The first-order valence-electron chi connectivity index (χ1n) is 6.45. The molecule has 1 saturated carbocycles. The molecule has 1 aliphatic carbocycles. The topological polar surface area (TPSA) is 70.0 Å². The Labute approximate surface area is 118 Å². The van der Waals surface area contributed by atoms with Crippen molar-refractivity contribution in [3.63, 3.8) is 0 Å². The van der Waals surface area contributed by atoms with E-state index in [9.17, 15) is 8.42 Å². The molecule has 2 rings (SSSR count). The van der Waals surface area contributed by atoms with E-state index in [1.807, 2.05) is 6.07 Å². The molecule has 6 heteroatoms. The van der Waals surface area contributed by atoms with Crippen LogP contribution in [-0.4, -0.2) is 15.0 Å². The first kappa shape index (κ1) is 14.5. The summed E-state index contributed by atoms with van der Waals surface area (Å²) in [5.41, 5.74) is 0.0701. The van der Waals surface area contributed by atoms with E-state index in [4.69, 9.17) is 5.26 Å². The second-order valence-electron chi connectivity index (χ2n) is 5.43. The Morgan fingerprint density at radius 1 is 1.37 bits per heavy atom. The third-order valence-electron chi connectivity index (χ3n) is 3.71. The Bertz CT molecular complexity index is 578. The highest BCUT2D eigenvalue weighted by Gasteiger charge is 2.29. The minimum absolute atomic E-state index is 0.0701. The molecule has 1 aromatic heterocycles. The van der Waals surface area contributed by atoms with Gasteiger partial charge in [-0.15, -0.1) is 11.3 Å². The molecule has 0 saturated heterocycles. The summed E-state index contributed by atoms with van der Waals surface area (Å²) in [6.07, 6.45) is 5.75. The van der Waals surface area contributed by atoms with Gasteiger partial charge < -0.3 is 0 Å². The van der Waals surface area contributed by atoms with Crippen molar-refractivity contribution in [2.24, 2.45) is 5.41 Å². The number of sulfonamides is 1. The van der Waals surface area contributed by atoms with Gasteiger partial charge in [-0.05, 0) is 30.4 Å². The maximum Gasteiger partial charge on any atom is 0.250 e. The normalized spacial score (nSPS) is 18.9. The molecular weight excluding hydrogens is 280 g/mol. The standard InChI is InChI=1S/C13H18N2O2S2/c1-13(7-3-2-4-8-13)10-15-19(16,17)12-6-5-11(9-14)18-12/h5-6,15H,2-4,7-8,10H2,1H3. The van der Waals surface area contributed by atoms with E-state index in [-0.39, 0.29) is 9.62 Å². The number of nitrogens with one attached hydrogen (secondary N) is 1. The van der Waals surface area contributed by atoms with Crippen LogP contribution in [-0.2, 0) is 10.0 Å². The van der Waals surface area contributed by atoms with E-state index in [0.717, 1.165) is 24.2 Å². The summed E-state index contributed by atoms with van der Waals surface area (Å²) in [5, 5.41) is 8.74. The van der Waals surface area contributed by atoms with Crippen molar-refractivity contribution in [1.82, 2.24) is 4.72 Å². The lowest BCUT2D eigenvalue weighted by atomic mass is 9.76. The fraction of sp³-hybridized carbons (Fsp3) is 0.615. The van der Waals surface area contributed by atoms with E-state index >= 15 is 0 Å². The van der Waals surface area contributed by atoms with E-state index < -0.39 is 10.0 Å². The van der Waals surface area contributed by atoms with Crippen LogP contribution in [0.15, 0.2) is 16.3 Å². The number of nitriles is 1. The van der Waals surface area contributed by atoms with Crippen molar-refractivity contribution < 1.29 is 8.42 Å². The first-order valence-corrected chi connectivity index (χ1v) is 8.75. The third kappa shape index (κ3) is 3.56. The Balaban J connectivity index is 2.03. The maximum atomic E-state index is 12.1. The zero-order valence-electron chi connectivity index (χ0n) is 11.0. The molecule has 1 aliphatic rings. The van der Waals surface area contributed by atoms with Gasteiger partial charge in [-0.3, -0.25) is 0 Å². The van der Waals surface area contributed by atoms with Crippen LogP contribution in [0, 0.1) is 16.7 Å². The third-order valence-corrected chi connectivity index (χ3v) is 6.59. The van der Waals surface area contributed by atoms with Gasteiger partial charge in [0, 0.05) is 6.54 Å². The Kier molecular flexibility index (Phi) is 4.29. The first-order chi connectivity index (χ1) is 8.95. The van der Waals surface area contributed by atoms with Crippen LogP contribution < -0.4 is 4.72 Å². The van der Waals surface area contributed by atoms with E-state index in [1.54, 1.807) is 6.07 Å². The van der Waals surface area contributed by atoms with Gasteiger partial charge in [0.25, 0.3) is 0 Å². The quantitative estimate of drug-likeness (QED) is 0.929. The fourth-order valence-electron chi connectivity index (χ4n) is 2.45. The minimum Gasteiger partial charge on any atom is -0.210 e. The minimum atomic E-state index is -3.47. The summed E-state index contributed by atoms with van der Waals surface area (Å²) in [5.74, 6) is 0. The van der Waals surface area contributed by atoms with Gasteiger partial charge in [-0.2, -0.15) is 5.26 Å². The van der Waals surface area contributed by atoms with Crippen LogP contribution in [0.25, 0.3) is 0 Å². The lowest BCUT2D eigenvalue weighted by Crippen LogP contribution is -2.36. The van der Waals surface area contributed by atoms with Gasteiger partial charge in [-0.1, -0.05) is 26.2 Å². The van der Waals surface area contributed by atoms with Crippen LogP contribution in [0.3, 0.4) is 0 Å². The number of nitrogens with zero attached hydrogens (tertiary/aromatic N) is 1. The highest BCUT2D eigenvalue weighted by atomic mass is 32.2. The molecule has 0 bridgehead atoms. The van der Waals surface area contributed by atoms with Crippen molar-refractivity contribution in [2.45, 2.75) is 43.2 Å². The zero-order valence-corrected chi connectivity index (χ0v) is 12.6. The Morgan fingerprint density at radius 3 is 2.63 bits per heavy atom. The van der Waals surface area contributed by atoms with Gasteiger partial charge in [0.2, 0.25) is 10.0 Å². The fourth-order valence-corrected chi connectivity index (χ4v) is 4.79. The van der Waals surface area contributed by atoms with Crippen LogP contribution in [0.5, 0.6) is 0 Å². The smallest absolute Gasteiger partial charge is 0.210 e. The van der Waals surface area contributed by atoms with Gasteiger partial charge >= 0.3 is 0 Å². The average molecular weight is 298 g/mol. The summed E-state index contributed by atoms with van der Waals surface area (Å²) < 4.78 is 27.2. The van der Waals surface area contributed by atoms with Crippen molar-refractivity contribution in [3.05, 3.63) is 17.0 Å². The summed E-state index contributed by atoms with van der Waals surface area (Å²) in [6.45, 7) is 2.62. The lowest BCUT2D eigenvalue weighted by molar-refractivity contribution is 0.219. The van der Waals surface area contributed by atoms with Crippen molar-refractivity contribution >= 4 is 21.4 Å². The monoisotopic (exact) mass is 298 g/mol. The second-order valence-corrected chi connectivity index (χ2v) is 8.50. The number of rotatable bonds is 4. The van der Waals surface area contributed by atoms with Crippen LogP contribution in [0.2, 0.25) is 0 Å². The largest absolute Gasteiger partial charge is 0.250 e. The zero-order chi connectivity index (χ0) is 13.9. The molecule has 4 nitrogen and oxygen atoms in total. The van der Waals surface area contributed by atoms with Crippen LogP contribution in [0.1, 0.15) is 43.9 Å². The lowest BCUT2D eigenvalue weighted by Gasteiger charge is -2.33. The maximum absolute atomic E-state index is 12.1. The Morgan fingerprint density at radius 2 is 2.05 bits per heavy atom. The SMILES string of the molecule is CC1(CNS(=O)(=O)c2ccc(C#N)s2)CCCCC1. The molecule has 1 aromatic rings. The molecule has 0 spiro atoms. The van der Waals surface area contributed by atoms with Gasteiger partial charge in [-0.25, -0.2) is 13.1 Å². The van der Waals surface area contributed by atoms with Gasteiger partial charge in [0.1, 0.15) is 15.2 Å². The van der Waals surface area contributed by atoms with E-state index in [2.05, 4.69) is 11.6 Å². The molecule has 0 radical (unpaired) electrons. The average Bonchev–Trinajstić information content (AvgIpc) is 2.87. The highest BCUT2D eigenvalue weighted by molar-refractivity contribution is 7.91. The predicted octanol–water partition coefficient (Wildman–Crippen LogP) is 2.87. The number of hydrogen-bond donors (Lipinski definition) is 1. The summed E-state index contributed by atoms with van der Waals surface area (Å²) >= 11 is 1.01. The summed E-state index contributed by atoms with van der Waals surface area (Å²) in [7, 11) is -3.47. The molecule has 1 fully saturated rings. The number of hydrogen-bond acceptors (Lipinski definition) is 4. The molecular formula is C13H18N2O2S2. The highest BCUT2D eigenvalue weighted by Crippen LogP contribution is 2.35. The molecule has 0 aliphatic heterocycles. The van der Waals surface area contributed by atoms with E-state index in [1.165, 1.54) is 25.3 Å². The van der Waals surface area contributed by atoms with Crippen molar-refractivity contribution in [3.8, 4) is 6.07 Å². The molecule has 19 heavy (non-hydrogen) atoms. The molecule has 0 aromatic carbocycles. The predicted molar refractivity (Wildman–Crippen MR) is 75.4 cm³/mol. The second kappa shape index (κ2) is 5.61. The Hall–Kier alpha value is -0.900. The van der Waals surface area contributed by atoms with Crippen LogP contribution in [0.4, 0.5) is 0 Å². The summed E-state index contributed by atoms with van der Waals surface area (Å²) in [4.78, 5) is 0.421.